The maximum atomic E-state index is 12.4. The van der Waals surface area contributed by atoms with Gasteiger partial charge in [0.25, 0.3) is 11.5 Å². The highest BCUT2D eigenvalue weighted by atomic mass is 32.1. The fourth-order valence-corrected chi connectivity index (χ4v) is 3.11. The van der Waals surface area contributed by atoms with E-state index in [9.17, 15) is 9.59 Å². The van der Waals surface area contributed by atoms with Crippen LogP contribution >= 0.6 is 11.3 Å². The topological polar surface area (TPSA) is 73.2 Å². The third kappa shape index (κ3) is 3.77. The number of nitrogens with one attached hydrogen (secondary N) is 1. The molecule has 2 heterocycles. The Bertz CT molecular complexity index is 991. The summed E-state index contributed by atoms with van der Waals surface area (Å²) in [5.74, 6) is 0.192. The minimum atomic E-state index is -0.300. The van der Waals surface area contributed by atoms with Crippen LogP contribution in [0.25, 0.3) is 10.8 Å². The molecule has 0 bridgehead atoms. The van der Waals surface area contributed by atoms with Crippen molar-refractivity contribution in [1.82, 2.24) is 9.55 Å². The van der Waals surface area contributed by atoms with Gasteiger partial charge in [0.2, 0.25) is 0 Å². The number of ether oxygens (including phenoxy) is 1. The van der Waals surface area contributed by atoms with Crippen LogP contribution in [0.3, 0.4) is 0 Å². The van der Waals surface area contributed by atoms with Crippen LogP contribution in [0.15, 0.2) is 53.3 Å². The molecule has 0 aliphatic carbocycles. The summed E-state index contributed by atoms with van der Waals surface area (Å²) in [6, 6.07) is 7.01. The molecule has 1 N–H and O–H groups in total. The number of aromatic nitrogens is 2. The average Bonchev–Trinajstić information content (AvgIpc) is 3.00. The number of carbonyl (C=O) groups is 1. The second-order valence-corrected chi connectivity index (χ2v) is 6.27. The summed E-state index contributed by atoms with van der Waals surface area (Å²) in [5, 5.41) is 6.29. The van der Waals surface area contributed by atoms with Gasteiger partial charge < -0.3 is 9.30 Å². The van der Waals surface area contributed by atoms with Crippen molar-refractivity contribution in [3.05, 3.63) is 64.5 Å². The van der Waals surface area contributed by atoms with Crippen LogP contribution in [0.1, 0.15) is 5.69 Å². The minimum Gasteiger partial charge on any atom is -0.483 e. The van der Waals surface area contributed by atoms with E-state index in [4.69, 9.17) is 4.74 Å². The number of amides is 1. The van der Waals surface area contributed by atoms with Gasteiger partial charge in [0, 0.05) is 23.5 Å². The lowest BCUT2D eigenvalue weighted by molar-refractivity contribution is -0.118. The molecule has 0 spiro atoms. The number of carbonyl (C=O) groups excluding carboxylic acids is 1. The van der Waals surface area contributed by atoms with E-state index in [1.807, 2.05) is 12.3 Å². The molecule has 3 aromatic rings. The standard InChI is InChI=1S/C18H17N3O3S/c1-3-8-21-9-7-13-14(17(21)23)5-4-6-15(13)24-10-16(22)20-18-19-12(2)11-25-18/h3-7,9,11H,1,8,10H2,2H3,(H,19,20,22). The van der Waals surface area contributed by atoms with E-state index < -0.39 is 0 Å². The molecule has 1 aromatic carbocycles. The second kappa shape index (κ2) is 7.31. The number of anilines is 1. The minimum absolute atomic E-state index is 0.120. The van der Waals surface area contributed by atoms with Crippen LogP contribution in [-0.2, 0) is 11.3 Å². The molecule has 0 aliphatic heterocycles. The lowest BCUT2D eigenvalue weighted by Gasteiger charge is -2.10. The molecule has 128 valence electrons. The Kier molecular flexibility index (Phi) is 4.95. The highest BCUT2D eigenvalue weighted by Crippen LogP contribution is 2.23. The third-order valence-electron chi connectivity index (χ3n) is 3.53. The summed E-state index contributed by atoms with van der Waals surface area (Å²) >= 11 is 1.36. The molecule has 0 radical (unpaired) electrons. The van der Waals surface area contributed by atoms with Gasteiger partial charge in [0.05, 0.1) is 11.1 Å². The maximum Gasteiger partial charge on any atom is 0.264 e. The van der Waals surface area contributed by atoms with Gasteiger partial charge in [-0.1, -0.05) is 12.1 Å². The number of pyridine rings is 1. The molecule has 0 aliphatic rings. The average molecular weight is 355 g/mol. The number of hydrogen-bond donors (Lipinski definition) is 1. The van der Waals surface area contributed by atoms with E-state index in [2.05, 4.69) is 16.9 Å². The number of benzene rings is 1. The van der Waals surface area contributed by atoms with Gasteiger partial charge in [-0.2, -0.15) is 0 Å². The fourth-order valence-electron chi connectivity index (χ4n) is 2.41. The summed E-state index contributed by atoms with van der Waals surface area (Å²) in [4.78, 5) is 28.6. The fraction of sp³-hybridized carbons (Fsp3) is 0.167. The van der Waals surface area contributed by atoms with Crippen molar-refractivity contribution in [2.75, 3.05) is 11.9 Å². The highest BCUT2D eigenvalue weighted by Gasteiger charge is 2.10. The predicted octanol–water partition coefficient (Wildman–Crippen LogP) is 2.97. The Morgan fingerprint density at radius 1 is 1.40 bits per heavy atom. The molecule has 7 heteroatoms. The van der Waals surface area contributed by atoms with Gasteiger partial charge in [-0.05, 0) is 25.1 Å². The number of rotatable bonds is 6. The Labute approximate surface area is 148 Å². The smallest absolute Gasteiger partial charge is 0.264 e. The van der Waals surface area contributed by atoms with Gasteiger partial charge in [-0.3, -0.25) is 14.9 Å². The molecular weight excluding hydrogens is 338 g/mol. The lowest BCUT2D eigenvalue weighted by atomic mass is 10.1. The number of aryl methyl sites for hydroxylation is 1. The molecule has 2 aromatic heterocycles. The zero-order chi connectivity index (χ0) is 17.8. The molecular formula is C18H17N3O3S. The Hall–Kier alpha value is -2.93. The normalized spacial score (nSPS) is 10.6. The summed E-state index contributed by atoms with van der Waals surface area (Å²) in [7, 11) is 0. The van der Waals surface area contributed by atoms with Crippen LogP contribution in [0, 0.1) is 6.92 Å². The Morgan fingerprint density at radius 3 is 2.96 bits per heavy atom. The van der Waals surface area contributed by atoms with Crippen molar-refractivity contribution in [1.29, 1.82) is 0 Å². The lowest BCUT2D eigenvalue weighted by Crippen LogP contribution is -2.21. The highest BCUT2D eigenvalue weighted by molar-refractivity contribution is 7.13. The van der Waals surface area contributed by atoms with Gasteiger partial charge in [-0.15, -0.1) is 17.9 Å². The van der Waals surface area contributed by atoms with E-state index in [0.29, 0.717) is 28.2 Å². The van der Waals surface area contributed by atoms with E-state index in [-0.39, 0.29) is 18.1 Å². The van der Waals surface area contributed by atoms with E-state index in [1.54, 1.807) is 41.1 Å². The van der Waals surface area contributed by atoms with Crippen LogP contribution in [0.5, 0.6) is 5.75 Å². The van der Waals surface area contributed by atoms with E-state index in [0.717, 1.165) is 5.69 Å². The first-order valence-corrected chi connectivity index (χ1v) is 8.54. The number of allylic oxidation sites excluding steroid dienone is 1. The van der Waals surface area contributed by atoms with Crippen molar-refractivity contribution < 1.29 is 9.53 Å². The maximum absolute atomic E-state index is 12.4. The third-order valence-corrected chi connectivity index (χ3v) is 4.40. The molecule has 0 atom stereocenters. The first-order valence-electron chi connectivity index (χ1n) is 7.66. The molecule has 1 amide bonds. The molecule has 0 saturated heterocycles. The monoisotopic (exact) mass is 355 g/mol. The summed E-state index contributed by atoms with van der Waals surface area (Å²) in [5.41, 5.74) is 0.733. The predicted molar refractivity (Wildman–Crippen MR) is 99.4 cm³/mol. The molecule has 25 heavy (non-hydrogen) atoms. The number of hydrogen-bond acceptors (Lipinski definition) is 5. The Balaban J connectivity index is 1.77. The zero-order valence-corrected chi connectivity index (χ0v) is 14.5. The van der Waals surface area contributed by atoms with E-state index >= 15 is 0 Å². The largest absolute Gasteiger partial charge is 0.483 e. The van der Waals surface area contributed by atoms with Crippen molar-refractivity contribution in [2.24, 2.45) is 0 Å². The quantitative estimate of drug-likeness (QED) is 0.690. The number of thiazole rings is 1. The SMILES string of the molecule is C=CCn1ccc2c(OCC(=O)Nc3nc(C)cs3)cccc2c1=O. The summed E-state index contributed by atoms with van der Waals surface area (Å²) < 4.78 is 7.18. The molecule has 0 fully saturated rings. The Morgan fingerprint density at radius 2 is 2.24 bits per heavy atom. The summed E-state index contributed by atoms with van der Waals surface area (Å²) in [6.07, 6.45) is 3.36. The second-order valence-electron chi connectivity index (χ2n) is 5.41. The number of nitrogens with zero attached hydrogens (tertiary/aromatic N) is 2. The van der Waals surface area contributed by atoms with Crippen LogP contribution in [-0.4, -0.2) is 22.1 Å². The van der Waals surface area contributed by atoms with Crippen LogP contribution in [0.2, 0.25) is 0 Å². The van der Waals surface area contributed by atoms with Gasteiger partial charge in [-0.25, -0.2) is 4.98 Å². The van der Waals surface area contributed by atoms with Gasteiger partial charge >= 0.3 is 0 Å². The van der Waals surface area contributed by atoms with Crippen LogP contribution in [0.4, 0.5) is 5.13 Å². The van der Waals surface area contributed by atoms with Crippen LogP contribution < -0.4 is 15.6 Å². The van der Waals surface area contributed by atoms with Crippen molar-refractivity contribution in [3.63, 3.8) is 0 Å². The number of fused-ring (bicyclic) bond motifs is 1. The van der Waals surface area contributed by atoms with Crippen molar-refractivity contribution in [2.45, 2.75) is 13.5 Å². The molecule has 0 unspecified atom stereocenters. The van der Waals surface area contributed by atoms with Gasteiger partial charge in [0.1, 0.15) is 5.75 Å². The van der Waals surface area contributed by atoms with Crippen molar-refractivity contribution in [3.8, 4) is 5.75 Å². The zero-order valence-electron chi connectivity index (χ0n) is 13.7. The molecule has 6 nitrogen and oxygen atoms in total. The molecule has 3 rings (SSSR count). The van der Waals surface area contributed by atoms with E-state index in [1.165, 1.54) is 11.3 Å². The van der Waals surface area contributed by atoms with Crippen molar-refractivity contribution >= 4 is 33.1 Å². The summed E-state index contributed by atoms with van der Waals surface area (Å²) in [6.45, 7) is 5.79. The van der Waals surface area contributed by atoms with Gasteiger partial charge in [0.15, 0.2) is 11.7 Å². The first-order chi connectivity index (χ1) is 12.1. The molecule has 0 saturated carbocycles. The first kappa shape index (κ1) is 16.9.